The molecule has 0 saturated carbocycles. The predicted octanol–water partition coefficient (Wildman–Crippen LogP) is 2.65. The van der Waals surface area contributed by atoms with Gasteiger partial charge in [0.2, 0.25) is 0 Å². The molecule has 0 aliphatic rings. The smallest absolute Gasteiger partial charge is 0.135 e. The molecule has 3 nitrogen and oxygen atoms in total. The fraction of sp³-hybridized carbons (Fsp3) is 0.167. The highest BCUT2D eigenvalue weighted by molar-refractivity contribution is 7.15. The van der Waals surface area contributed by atoms with E-state index >= 15 is 0 Å². The number of para-hydroxylation sites is 1. The zero-order chi connectivity index (χ0) is 11.5. The van der Waals surface area contributed by atoms with Gasteiger partial charge in [-0.15, -0.1) is 11.3 Å². The minimum atomic E-state index is 0.118. The van der Waals surface area contributed by atoms with E-state index in [0.717, 1.165) is 9.88 Å². The molecule has 82 valence electrons. The summed E-state index contributed by atoms with van der Waals surface area (Å²) >= 11 is 1.44. The number of phenolic OH excluding ortho intramolecular Hbond substituents is 1. The van der Waals surface area contributed by atoms with Crippen molar-refractivity contribution in [3.8, 4) is 16.3 Å². The Hall–Kier alpha value is -1.68. The van der Waals surface area contributed by atoms with E-state index in [9.17, 15) is 9.90 Å². The molecule has 0 aliphatic heterocycles. The maximum absolute atomic E-state index is 11.0. The van der Waals surface area contributed by atoms with Crippen LogP contribution in [0.15, 0.2) is 30.5 Å². The summed E-state index contributed by atoms with van der Waals surface area (Å²) in [4.78, 5) is 16.1. The van der Waals surface area contributed by atoms with Gasteiger partial charge in [-0.2, -0.15) is 0 Å². The van der Waals surface area contributed by atoms with Gasteiger partial charge in [-0.25, -0.2) is 4.98 Å². The van der Waals surface area contributed by atoms with Crippen LogP contribution in [-0.4, -0.2) is 15.9 Å². The Kier molecular flexibility index (Phi) is 3.01. The Balaban J connectivity index is 2.32. The summed E-state index contributed by atoms with van der Waals surface area (Å²) in [6.07, 6.45) is 2.10. The number of nitrogens with zero attached hydrogens (tertiary/aromatic N) is 1. The van der Waals surface area contributed by atoms with E-state index in [1.807, 2.05) is 12.1 Å². The molecule has 0 spiro atoms. The molecule has 1 aromatic heterocycles. The first-order valence-corrected chi connectivity index (χ1v) is 5.71. The van der Waals surface area contributed by atoms with E-state index in [-0.39, 0.29) is 11.5 Å². The lowest BCUT2D eigenvalue weighted by Crippen LogP contribution is -1.92. The molecule has 0 bridgehead atoms. The summed E-state index contributed by atoms with van der Waals surface area (Å²) in [5.41, 5.74) is 0.710. The molecule has 0 amide bonds. The molecule has 1 aromatic carbocycles. The fourth-order valence-electron chi connectivity index (χ4n) is 1.41. The van der Waals surface area contributed by atoms with Crippen LogP contribution in [-0.2, 0) is 11.2 Å². The number of benzene rings is 1. The summed E-state index contributed by atoms with van der Waals surface area (Å²) in [7, 11) is 0. The summed E-state index contributed by atoms with van der Waals surface area (Å²) in [6.45, 7) is 1.55. The first-order chi connectivity index (χ1) is 7.66. The number of hydrogen-bond donors (Lipinski definition) is 1. The Morgan fingerprint density at radius 1 is 1.44 bits per heavy atom. The van der Waals surface area contributed by atoms with E-state index in [4.69, 9.17) is 0 Å². The summed E-state index contributed by atoms with van der Waals surface area (Å²) in [5.74, 6) is 0.332. The third-order valence-corrected chi connectivity index (χ3v) is 3.14. The van der Waals surface area contributed by atoms with Gasteiger partial charge in [0.25, 0.3) is 0 Å². The van der Waals surface area contributed by atoms with Gasteiger partial charge in [-0.3, -0.25) is 4.79 Å². The maximum Gasteiger partial charge on any atom is 0.135 e. The van der Waals surface area contributed by atoms with Crippen LogP contribution in [0.3, 0.4) is 0 Å². The molecule has 16 heavy (non-hydrogen) atoms. The largest absolute Gasteiger partial charge is 0.507 e. The van der Waals surface area contributed by atoms with Gasteiger partial charge in [0.05, 0.1) is 5.56 Å². The molecular weight excluding hydrogens is 222 g/mol. The average Bonchev–Trinajstić information content (AvgIpc) is 2.66. The average molecular weight is 233 g/mol. The molecule has 2 aromatic rings. The first kappa shape index (κ1) is 10.8. The van der Waals surface area contributed by atoms with E-state index in [1.54, 1.807) is 25.3 Å². The van der Waals surface area contributed by atoms with Gasteiger partial charge in [-0.05, 0) is 19.1 Å². The van der Waals surface area contributed by atoms with E-state index in [1.165, 1.54) is 11.3 Å². The zero-order valence-electron chi connectivity index (χ0n) is 8.80. The van der Waals surface area contributed by atoms with Crippen LogP contribution in [0.4, 0.5) is 0 Å². The number of carbonyl (C=O) groups excluding carboxylic acids is 1. The quantitative estimate of drug-likeness (QED) is 0.886. The van der Waals surface area contributed by atoms with Crippen molar-refractivity contribution in [1.82, 2.24) is 4.98 Å². The molecular formula is C12H11NO2S. The second-order valence-corrected chi connectivity index (χ2v) is 4.64. The van der Waals surface area contributed by atoms with Crippen LogP contribution >= 0.6 is 11.3 Å². The van der Waals surface area contributed by atoms with E-state index in [0.29, 0.717) is 12.0 Å². The van der Waals surface area contributed by atoms with Crippen LogP contribution in [0.25, 0.3) is 10.6 Å². The van der Waals surface area contributed by atoms with Crippen LogP contribution in [0, 0.1) is 0 Å². The highest BCUT2D eigenvalue weighted by atomic mass is 32.1. The number of ketones is 1. The molecule has 1 N–H and O–H groups in total. The first-order valence-electron chi connectivity index (χ1n) is 4.89. The third kappa shape index (κ3) is 2.28. The van der Waals surface area contributed by atoms with E-state index < -0.39 is 0 Å². The van der Waals surface area contributed by atoms with Gasteiger partial charge < -0.3 is 5.11 Å². The van der Waals surface area contributed by atoms with Gasteiger partial charge in [0, 0.05) is 17.5 Å². The molecule has 1 heterocycles. The summed E-state index contributed by atoms with van der Waals surface area (Å²) < 4.78 is 0. The normalized spacial score (nSPS) is 10.3. The van der Waals surface area contributed by atoms with Crippen LogP contribution in [0.2, 0.25) is 0 Å². The van der Waals surface area contributed by atoms with Gasteiger partial charge in [-0.1, -0.05) is 12.1 Å². The van der Waals surface area contributed by atoms with Crippen molar-refractivity contribution in [2.24, 2.45) is 0 Å². The van der Waals surface area contributed by atoms with E-state index in [2.05, 4.69) is 4.98 Å². The number of thiazole rings is 1. The minimum absolute atomic E-state index is 0.118. The van der Waals surface area contributed by atoms with Crippen molar-refractivity contribution >= 4 is 17.1 Å². The highest BCUT2D eigenvalue weighted by Gasteiger charge is 2.09. The van der Waals surface area contributed by atoms with Crippen molar-refractivity contribution in [2.45, 2.75) is 13.3 Å². The molecule has 0 saturated heterocycles. The maximum atomic E-state index is 11.0. The Morgan fingerprint density at radius 3 is 2.88 bits per heavy atom. The molecule has 0 unspecified atom stereocenters. The number of carbonyl (C=O) groups is 1. The minimum Gasteiger partial charge on any atom is -0.507 e. The summed E-state index contributed by atoms with van der Waals surface area (Å²) in [6, 6.07) is 7.05. The topological polar surface area (TPSA) is 50.2 Å². The number of rotatable bonds is 3. The molecule has 0 radical (unpaired) electrons. The lowest BCUT2D eigenvalue weighted by molar-refractivity contribution is -0.116. The van der Waals surface area contributed by atoms with Crippen molar-refractivity contribution in [1.29, 1.82) is 0 Å². The fourth-order valence-corrected chi connectivity index (χ4v) is 2.43. The standard InChI is InChI=1S/C12H11NO2S/c1-8(14)6-9-7-13-12(16-9)10-4-2-3-5-11(10)15/h2-5,7,15H,6H2,1H3. The van der Waals surface area contributed by atoms with Crippen molar-refractivity contribution in [2.75, 3.05) is 0 Å². The Bertz CT molecular complexity index is 519. The lowest BCUT2D eigenvalue weighted by Gasteiger charge is -1.98. The number of Topliss-reactive ketones (excluding diaryl/α,β-unsaturated/α-hetero) is 1. The molecule has 2 rings (SSSR count). The predicted molar refractivity (Wildman–Crippen MR) is 63.6 cm³/mol. The van der Waals surface area contributed by atoms with Crippen LogP contribution in [0.5, 0.6) is 5.75 Å². The molecule has 0 fully saturated rings. The molecule has 4 heteroatoms. The second-order valence-electron chi connectivity index (χ2n) is 3.53. The van der Waals surface area contributed by atoms with Crippen molar-refractivity contribution in [3.63, 3.8) is 0 Å². The lowest BCUT2D eigenvalue weighted by atomic mass is 10.2. The Morgan fingerprint density at radius 2 is 2.19 bits per heavy atom. The third-order valence-electron chi connectivity index (χ3n) is 2.11. The van der Waals surface area contributed by atoms with Crippen molar-refractivity contribution in [3.05, 3.63) is 35.3 Å². The molecule has 0 atom stereocenters. The zero-order valence-corrected chi connectivity index (χ0v) is 9.62. The Labute approximate surface area is 97.4 Å². The SMILES string of the molecule is CC(=O)Cc1cnc(-c2ccccc2O)s1. The van der Waals surface area contributed by atoms with Gasteiger partial charge in [0.1, 0.15) is 16.5 Å². The highest BCUT2D eigenvalue weighted by Crippen LogP contribution is 2.31. The summed E-state index contributed by atoms with van der Waals surface area (Å²) in [5, 5.41) is 10.4. The van der Waals surface area contributed by atoms with Crippen LogP contribution in [0.1, 0.15) is 11.8 Å². The second kappa shape index (κ2) is 4.45. The van der Waals surface area contributed by atoms with Gasteiger partial charge >= 0.3 is 0 Å². The monoisotopic (exact) mass is 233 g/mol. The number of phenols is 1. The van der Waals surface area contributed by atoms with Crippen molar-refractivity contribution < 1.29 is 9.90 Å². The number of aromatic hydroxyl groups is 1. The van der Waals surface area contributed by atoms with Gasteiger partial charge in [0.15, 0.2) is 0 Å². The number of aromatic nitrogens is 1. The van der Waals surface area contributed by atoms with Crippen LogP contribution < -0.4 is 0 Å². The number of hydrogen-bond acceptors (Lipinski definition) is 4. The molecule has 0 aliphatic carbocycles.